The number of benzene rings is 2. The van der Waals surface area contributed by atoms with Crippen LogP contribution in [0.4, 0.5) is 11.4 Å². The zero-order valence-electron chi connectivity index (χ0n) is 17.2. The van der Waals surface area contributed by atoms with Crippen LogP contribution >= 0.6 is 11.3 Å². The summed E-state index contributed by atoms with van der Waals surface area (Å²) in [7, 11) is 1.60. The number of rotatable bonds is 8. The highest BCUT2D eigenvalue weighted by Gasteiger charge is 2.13. The zero-order valence-corrected chi connectivity index (χ0v) is 18.0. The fraction of sp³-hybridized carbons (Fsp3) is 0.333. The van der Waals surface area contributed by atoms with Crippen molar-refractivity contribution in [2.24, 2.45) is 4.99 Å². The van der Waals surface area contributed by atoms with Crippen LogP contribution in [-0.4, -0.2) is 42.2 Å². The lowest BCUT2D eigenvalue weighted by Gasteiger charge is -2.20. The van der Waals surface area contributed by atoms with Crippen molar-refractivity contribution < 1.29 is 14.5 Å². The summed E-state index contributed by atoms with van der Waals surface area (Å²) in [6.45, 7) is 6.87. The lowest BCUT2D eigenvalue weighted by Crippen LogP contribution is -2.21. The maximum Gasteiger partial charge on any atom is 0.279 e. The molecule has 0 radical (unpaired) electrons. The minimum absolute atomic E-state index is 0.00695. The number of carbonyl (C=O) groups excluding carboxylic acids is 1. The molecule has 0 spiro atoms. The number of carbonyl (C=O) groups is 1. The number of nitro benzene ring substituents is 1. The molecule has 0 aliphatic heterocycles. The van der Waals surface area contributed by atoms with E-state index in [1.807, 2.05) is 16.7 Å². The number of nitrogens with zero attached hydrogens (tertiary/aromatic N) is 4. The SMILES string of the molecule is CCN(CC)c1ccc(C(=O)N=c2sc3cc([N+](=O)[O-])ccc3n2CCOC)cc1. The van der Waals surface area contributed by atoms with Gasteiger partial charge in [-0.15, -0.1) is 0 Å². The first-order valence-electron chi connectivity index (χ1n) is 9.69. The molecule has 0 fully saturated rings. The van der Waals surface area contributed by atoms with Gasteiger partial charge in [-0.25, -0.2) is 0 Å². The van der Waals surface area contributed by atoms with Crippen molar-refractivity contribution in [1.29, 1.82) is 0 Å². The Kier molecular flexibility index (Phi) is 6.96. The van der Waals surface area contributed by atoms with Gasteiger partial charge in [0, 0.05) is 50.1 Å². The van der Waals surface area contributed by atoms with Crippen molar-refractivity contribution in [2.75, 3.05) is 31.7 Å². The van der Waals surface area contributed by atoms with Crippen LogP contribution in [0.2, 0.25) is 0 Å². The first-order chi connectivity index (χ1) is 14.5. The first-order valence-corrected chi connectivity index (χ1v) is 10.5. The predicted octanol–water partition coefficient (Wildman–Crippen LogP) is 3.84. The summed E-state index contributed by atoms with van der Waals surface area (Å²) >= 11 is 1.25. The average Bonchev–Trinajstić information content (AvgIpc) is 3.09. The molecule has 1 heterocycles. The second-order valence-corrected chi connectivity index (χ2v) is 7.58. The maximum absolute atomic E-state index is 12.8. The van der Waals surface area contributed by atoms with Gasteiger partial charge in [-0.05, 0) is 44.2 Å². The lowest BCUT2D eigenvalue weighted by molar-refractivity contribution is -0.384. The van der Waals surface area contributed by atoms with E-state index in [0.717, 1.165) is 24.3 Å². The van der Waals surface area contributed by atoms with Gasteiger partial charge in [0.05, 0.1) is 21.7 Å². The molecule has 0 bridgehead atoms. The number of ether oxygens (including phenoxy) is 1. The van der Waals surface area contributed by atoms with E-state index in [-0.39, 0.29) is 11.6 Å². The molecule has 1 amide bonds. The van der Waals surface area contributed by atoms with Gasteiger partial charge in [-0.2, -0.15) is 4.99 Å². The smallest absolute Gasteiger partial charge is 0.279 e. The Bertz CT molecular complexity index is 1110. The van der Waals surface area contributed by atoms with Crippen molar-refractivity contribution in [1.82, 2.24) is 4.57 Å². The summed E-state index contributed by atoms with van der Waals surface area (Å²) < 4.78 is 7.73. The van der Waals surface area contributed by atoms with E-state index < -0.39 is 4.92 Å². The monoisotopic (exact) mass is 428 g/mol. The predicted molar refractivity (Wildman–Crippen MR) is 118 cm³/mol. The molecule has 0 aliphatic rings. The van der Waals surface area contributed by atoms with Gasteiger partial charge in [0.1, 0.15) is 0 Å². The Morgan fingerprint density at radius 3 is 2.50 bits per heavy atom. The molecule has 0 atom stereocenters. The summed E-state index contributed by atoms with van der Waals surface area (Å²) in [4.78, 5) is 30.4. The van der Waals surface area contributed by atoms with E-state index in [9.17, 15) is 14.9 Å². The van der Waals surface area contributed by atoms with E-state index >= 15 is 0 Å². The van der Waals surface area contributed by atoms with E-state index in [1.165, 1.54) is 23.5 Å². The summed E-state index contributed by atoms with van der Waals surface area (Å²) in [5.41, 5.74) is 2.34. The van der Waals surface area contributed by atoms with E-state index in [2.05, 4.69) is 23.7 Å². The quantitative estimate of drug-likeness (QED) is 0.402. The van der Waals surface area contributed by atoms with Crippen LogP contribution in [-0.2, 0) is 11.3 Å². The number of amides is 1. The number of thiazole rings is 1. The third-order valence-corrected chi connectivity index (χ3v) is 5.88. The molecule has 1 aromatic heterocycles. The minimum Gasteiger partial charge on any atom is -0.383 e. The second-order valence-electron chi connectivity index (χ2n) is 6.57. The van der Waals surface area contributed by atoms with Crippen LogP contribution in [0.3, 0.4) is 0 Å². The minimum atomic E-state index is -0.432. The number of non-ortho nitro benzene ring substituents is 1. The molecule has 8 nitrogen and oxygen atoms in total. The number of aromatic nitrogens is 1. The molecule has 0 saturated heterocycles. The highest BCUT2D eigenvalue weighted by atomic mass is 32.1. The topological polar surface area (TPSA) is 90.0 Å². The Labute approximate surface area is 178 Å². The van der Waals surface area contributed by atoms with Gasteiger partial charge in [0.25, 0.3) is 11.6 Å². The molecular weight excluding hydrogens is 404 g/mol. The van der Waals surface area contributed by atoms with Gasteiger partial charge < -0.3 is 14.2 Å². The zero-order chi connectivity index (χ0) is 21.7. The fourth-order valence-electron chi connectivity index (χ4n) is 3.21. The highest BCUT2D eigenvalue weighted by Crippen LogP contribution is 2.23. The number of hydrogen-bond acceptors (Lipinski definition) is 6. The third kappa shape index (κ3) is 4.58. The average molecular weight is 429 g/mol. The molecule has 9 heteroatoms. The molecule has 3 rings (SSSR count). The lowest BCUT2D eigenvalue weighted by atomic mass is 10.2. The van der Waals surface area contributed by atoms with Gasteiger partial charge in [0.15, 0.2) is 4.80 Å². The number of anilines is 1. The third-order valence-electron chi connectivity index (χ3n) is 4.84. The largest absolute Gasteiger partial charge is 0.383 e. The van der Waals surface area contributed by atoms with Crippen LogP contribution in [0.25, 0.3) is 10.2 Å². The van der Waals surface area contributed by atoms with E-state index in [4.69, 9.17) is 4.74 Å². The summed E-state index contributed by atoms with van der Waals surface area (Å²) in [5.74, 6) is -0.353. The van der Waals surface area contributed by atoms with Crippen LogP contribution in [0.15, 0.2) is 47.5 Å². The van der Waals surface area contributed by atoms with Crippen LogP contribution in [0, 0.1) is 10.1 Å². The molecule has 3 aromatic rings. The number of fused-ring (bicyclic) bond motifs is 1. The molecule has 0 saturated carbocycles. The van der Waals surface area contributed by atoms with Gasteiger partial charge in [0.2, 0.25) is 0 Å². The Balaban J connectivity index is 2.01. The highest BCUT2D eigenvalue weighted by molar-refractivity contribution is 7.16. The van der Waals surface area contributed by atoms with Crippen molar-refractivity contribution in [3.8, 4) is 0 Å². The summed E-state index contributed by atoms with van der Waals surface area (Å²) in [5, 5.41) is 11.1. The van der Waals surface area contributed by atoms with Crippen molar-refractivity contribution in [3.63, 3.8) is 0 Å². The number of methoxy groups -OCH3 is 1. The van der Waals surface area contributed by atoms with Crippen molar-refractivity contribution in [2.45, 2.75) is 20.4 Å². The number of hydrogen-bond donors (Lipinski definition) is 0. The summed E-state index contributed by atoms with van der Waals surface area (Å²) in [6, 6.07) is 12.0. The Morgan fingerprint density at radius 1 is 1.20 bits per heavy atom. The molecule has 0 aliphatic carbocycles. The van der Waals surface area contributed by atoms with Crippen LogP contribution < -0.4 is 9.70 Å². The fourth-order valence-corrected chi connectivity index (χ4v) is 4.30. The molecule has 30 heavy (non-hydrogen) atoms. The van der Waals surface area contributed by atoms with Crippen molar-refractivity contribution >= 4 is 38.8 Å². The molecule has 0 N–H and O–H groups in total. The van der Waals surface area contributed by atoms with E-state index in [1.54, 1.807) is 25.3 Å². The second kappa shape index (κ2) is 9.64. The molecule has 2 aromatic carbocycles. The normalized spacial score (nSPS) is 11.8. The standard InChI is InChI=1S/C21H24N4O4S/c1-4-23(5-2)16-8-6-15(7-9-16)20(26)22-21-24(12-13-29-3)18-11-10-17(25(27)28)14-19(18)30-21/h6-11,14H,4-5,12-13H2,1-3H3. The van der Waals surface area contributed by atoms with E-state index in [0.29, 0.717) is 28.2 Å². The van der Waals surface area contributed by atoms with Crippen LogP contribution in [0.5, 0.6) is 0 Å². The Hall–Kier alpha value is -3.04. The molecule has 0 unspecified atom stereocenters. The van der Waals surface area contributed by atoms with Crippen molar-refractivity contribution in [3.05, 3.63) is 62.9 Å². The summed E-state index contributed by atoms with van der Waals surface area (Å²) in [6.07, 6.45) is 0. The maximum atomic E-state index is 12.8. The van der Waals surface area contributed by atoms with Gasteiger partial charge >= 0.3 is 0 Å². The van der Waals surface area contributed by atoms with Gasteiger partial charge in [-0.3, -0.25) is 14.9 Å². The molecule has 158 valence electrons. The first kappa shape index (κ1) is 21.7. The van der Waals surface area contributed by atoms with Gasteiger partial charge in [-0.1, -0.05) is 11.3 Å². The van der Waals surface area contributed by atoms with Crippen LogP contribution in [0.1, 0.15) is 24.2 Å². The Morgan fingerprint density at radius 2 is 1.90 bits per heavy atom. The molecular formula is C21H24N4O4S. The number of nitro groups is 1.